The number of pyridine rings is 1. The number of ether oxygens (including phenoxy) is 2. The average Bonchev–Trinajstić information content (AvgIpc) is 2.81. The number of hydrogen-bond acceptors (Lipinski definition) is 4. The maximum Gasteiger partial charge on any atom is 0.235 e. The predicted octanol–water partition coefficient (Wildman–Crippen LogP) is 5.75. The van der Waals surface area contributed by atoms with Gasteiger partial charge in [0.25, 0.3) is 0 Å². The third kappa shape index (κ3) is 4.39. The molecule has 1 aliphatic rings. The molecule has 1 amide bonds. The highest BCUT2D eigenvalue weighted by Gasteiger charge is 2.43. The number of unbranched alkanes of at least 4 members (excludes halogenated alkanes) is 1. The lowest BCUT2D eigenvalue weighted by atomic mass is 9.73. The second-order valence-corrected chi connectivity index (χ2v) is 8.25. The zero-order valence-electron chi connectivity index (χ0n) is 17.7. The molecule has 0 unspecified atom stereocenters. The Morgan fingerprint density at radius 3 is 2.74 bits per heavy atom. The third-order valence-corrected chi connectivity index (χ3v) is 6.24. The molecule has 1 saturated heterocycles. The van der Waals surface area contributed by atoms with Crippen molar-refractivity contribution in [2.75, 3.05) is 25.1 Å². The summed E-state index contributed by atoms with van der Waals surface area (Å²) in [6.45, 7) is 3.81. The maximum atomic E-state index is 13.7. The molecular formula is C25H27ClN2O3. The average molecular weight is 439 g/mol. The summed E-state index contributed by atoms with van der Waals surface area (Å²) in [6, 6.07) is 15.2. The van der Waals surface area contributed by atoms with E-state index in [4.69, 9.17) is 21.1 Å². The summed E-state index contributed by atoms with van der Waals surface area (Å²) in [5.41, 5.74) is 1.57. The molecule has 0 aliphatic carbocycles. The third-order valence-electron chi connectivity index (χ3n) is 5.91. The molecule has 1 N–H and O–H groups in total. The molecule has 162 valence electrons. The quantitative estimate of drug-likeness (QED) is 0.477. The first-order chi connectivity index (χ1) is 15.2. The number of anilines is 1. The van der Waals surface area contributed by atoms with E-state index in [1.165, 1.54) is 0 Å². The fourth-order valence-electron chi connectivity index (χ4n) is 4.13. The Morgan fingerprint density at radius 2 is 1.97 bits per heavy atom. The monoisotopic (exact) mass is 438 g/mol. The van der Waals surface area contributed by atoms with Crippen molar-refractivity contribution < 1.29 is 14.3 Å². The van der Waals surface area contributed by atoms with Crippen LogP contribution in [0.1, 0.15) is 38.2 Å². The summed E-state index contributed by atoms with van der Waals surface area (Å²) in [4.78, 5) is 18.2. The SMILES string of the molecule is CCCCOc1ccc(NC(=O)C2(c3ccccc3Cl)CCOCC2)c2cccnc12. The van der Waals surface area contributed by atoms with Gasteiger partial charge in [-0.3, -0.25) is 9.78 Å². The van der Waals surface area contributed by atoms with E-state index in [1.54, 1.807) is 6.20 Å². The number of fused-ring (bicyclic) bond motifs is 1. The number of nitrogens with one attached hydrogen (secondary N) is 1. The summed E-state index contributed by atoms with van der Waals surface area (Å²) in [5, 5.41) is 4.62. The summed E-state index contributed by atoms with van der Waals surface area (Å²) < 4.78 is 11.5. The van der Waals surface area contributed by atoms with Crippen LogP contribution in [0.15, 0.2) is 54.7 Å². The Labute approximate surface area is 187 Å². The highest BCUT2D eigenvalue weighted by Crippen LogP contribution is 2.40. The largest absolute Gasteiger partial charge is 0.491 e. The number of benzene rings is 2. The molecule has 31 heavy (non-hydrogen) atoms. The molecule has 1 fully saturated rings. The number of amides is 1. The smallest absolute Gasteiger partial charge is 0.235 e. The molecule has 5 nitrogen and oxygen atoms in total. The van der Waals surface area contributed by atoms with E-state index in [-0.39, 0.29) is 5.91 Å². The Bertz CT molecular complexity index is 1060. The van der Waals surface area contributed by atoms with E-state index in [0.717, 1.165) is 35.1 Å². The summed E-state index contributed by atoms with van der Waals surface area (Å²) >= 11 is 6.52. The number of aromatic nitrogens is 1. The number of nitrogens with zero attached hydrogens (tertiary/aromatic N) is 1. The van der Waals surface area contributed by atoms with Crippen molar-refractivity contribution in [3.63, 3.8) is 0 Å². The van der Waals surface area contributed by atoms with Crippen molar-refractivity contribution in [2.24, 2.45) is 0 Å². The van der Waals surface area contributed by atoms with Crippen LogP contribution in [0.2, 0.25) is 5.02 Å². The minimum Gasteiger partial charge on any atom is -0.491 e. The van der Waals surface area contributed by atoms with Gasteiger partial charge in [-0.05, 0) is 55.2 Å². The molecule has 0 spiro atoms. The van der Waals surface area contributed by atoms with Gasteiger partial charge >= 0.3 is 0 Å². The second kappa shape index (κ2) is 9.67. The molecular weight excluding hydrogens is 412 g/mol. The molecule has 1 aromatic heterocycles. The predicted molar refractivity (Wildman–Crippen MR) is 124 cm³/mol. The fraction of sp³-hybridized carbons (Fsp3) is 0.360. The first-order valence-corrected chi connectivity index (χ1v) is 11.2. The fourth-order valence-corrected chi connectivity index (χ4v) is 4.45. The zero-order valence-corrected chi connectivity index (χ0v) is 18.5. The number of rotatable bonds is 7. The minimum absolute atomic E-state index is 0.0753. The molecule has 6 heteroatoms. The number of hydrogen-bond donors (Lipinski definition) is 1. The second-order valence-electron chi connectivity index (χ2n) is 7.84. The molecule has 0 bridgehead atoms. The lowest BCUT2D eigenvalue weighted by Gasteiger charge is -2.37. The van der Waals surface area contributed by atoms with Gasteiger partial charge < -0.3 is 14.8 Å². The van der Waals surface area contributed by atoms with E-state index in [2.05, 4.69) is 17.2 Å². The highest BCUT2D eigenvalue weighted by atomic mass is 35.5. The maximum absolute atomic E-state index is 13.7. The molecule has 0 radical (unpaired) electrons. The van der Waals surface area contributed by atoms with Crippen molar-refractivity contribution in [1.29, 1.82) is 0 Å². The first kappa shape index (κ1) is 21.6. The van der Waals surface area contributed by atoms with Crippen LogP contribution in [0.5, 0.6) is 5.75 Å². The summed E-state index contributed by atoms with van der Waals surface area (Å²) in [5.74, 6) is 0.655. The Kier molecular flexibility index (Phi) is 6.73. The van der Waals surface area contributed by atoms with Crippen LogP contribution >= 0.6 is 11.6 Å². The molecule has 4 rings (SSSR count). The molecule has 3 aromatic rings. The number of carbonyl (C=O) groups excluding carboxylic acids is 1. The standard InChI is InChI=1S/C25H27ClN2O3/c1-2-3-15-31-22-11-10-21(18-7-6-14-27-23(18)22)28-24(29)25(12-16-30-17-13-25)19-8-4-5-9-20(19)26/h4-11,14H,2-3,12-13,15-17H2,1H3,(H,28,29). The van der Waals surface area contributed by atoms with E-state index < -0.39 is 5.41 Å². The lowest BCUT2D eigenvalue weighted by Crippen LogP contribution is -2.45. The van der Waals surface area contributed by atoms with Gasteiger partial charge in [-0.1, -0.05) is 43.1 Å². The van der Waals surface area contributed by atoms with Crippen LogP contribution in [0.3, 0.4) is 0 Å². The van der Waals surface area contributed by atoms with Gasteiger partial charge in [0, 0.05) is 29.8 Å². The first-order valence-electron chi connectivity index (χ1n) is 10.8. The van der Waals surface area contributed by atoms with Gasteiger partial charge in [0.2, 0.25) is 5.91 Å². The van der Waals surface area contributed by atoms with Gasteiger partial charge in [0.1, 0.15) is 11.3 Å². The number of carbonyl (C=O) groups is 1. The van der Waals surface area contributed by atoms with E-state index in [1.807, 2.05) is 48.5 Å². The van der Waals surface area contributed by atoms with Crippen LogP contribution in [0.25, 0.3) is 10.9 Å². The van der Waals surface area contributed by atoms with Gasteiger partial charge in [-0.25, -0.2) is 0 Å². The molecule has 0 saturated carbocycles. The Hall–Kier alpha value is -2.63. The summed E-state index contributed by atoms with van der Waals surface area (Å²) in [6.07, 6.45) is 4.95. The van der Waals surface area contributed by atoms with E-state index in [9.17, 15) is 4.79 Å². The van der Waals surface area contributed by atoms with Crippen LogP contribution in [0.4, 0.5) is 5.69 Å². The normalized spacial score (nSPS) is 15.5. The van der Waals surface area contributed by atoms with Crippen molar-refractivity contribution in [3.8, 4) is 5.75 Å². The van der Waals surface area contributed by atoms with Gasteiger partial charge in [0.05, 0.1) is 17.7 Å². The van der Waals surface area contributed by atoms with Crippen LogP contribution in [0, 0.1) is 0 Å². The van der Waals surface area contributed by atoms with Crippen LogP contribution < -0.4 is 10.1 Å². The van der Waals surface area contributed by atoms with Gasteiger partial charge in [0.15, 0.2) is 0 Å². The molecule has 2 aromatic carbocycles. The lowest BCUT2D eigenvalue weighted by molar-refractivity contribution is -0.125. The van der Waals surface area contributed by atoms with Crippen molar-refractivity contribution in [1.82, 2.24) is 4.98 Å². The minimum atomic E-state index is -0.735. The van der Waals surface area contributed by atoms with E-state index >= 15 is 0 Å². The van der Waals surface area contributed by atoms with Crippen LogP contribution in [-0.4, -0.2) is 30.7 Å². The van der Waals surface area contributed by atoms with E-state index in [0.29, 0.717) is 43.4 Å². The van der Waals surface area contributed by atoms with Gasteiger partial charge in [-0.15, -0.1) is 0 Å². The topological polar surface area (TPSA) is 60.5 Å². The van der Waals surface area contributed by atoms with Crippen molar-refractivity contribution in [2.45, 2.75) is 38.0 Å². The van der Waals surface area contributed by atoms with Gasteiger partial charge in [-0.2, -0.15) is 0 Å². The Morgan fingerprint density at radius 1 is 1.16 bits per heavy atom. The number of halogens is 1. The summed E-state index contributed by atoms with van der Waals surface area (Å²) in [7, 11) is 0. The zero-order chi connectivity index (χ0) is 21.7. The van der Waals surface area contributed by atoms with Crippen LogP contribution in [-0.2, 0) is 14.9 Å². The van der Waals surface area contributed by atoms with Crippen molar-refractivity contribution in [3.05, 3.63) is 65.3 Å². The highest BCUT2D eigenvalue weighted by molar-refractivity contribution is 6.32. The Balaban J connectivity index is 1.68. The van der Waals surface area contributed by atoms with Crippen molar-refractivity contribution >= 4 is 34.1 Å². The molecule has 0 atom stereocenters. The molecule has 1 aliphatic heterocycles. The molecule has 2 heterocycles.